The van der Waals surface area contributed by atoms with E-state index in [4.69, 9.17) is 4.55 Å². The Kier molecular flexibility index (Phi) is 11.7. The van der Waals surface area contributed by atoms with Crippen LogP contribution in [0.25, 0.3) is 0 Å². The van der Waals surface area contributed by atoms with Gasteiger partial charge in [0.05, 0.1) is 4.90 Å². The van der Waals surface area contributed by atoms with Gasteiger partial charge in [-0.1, -0.05) is 64.2 Å². The molecule has 0 atom stereocenters. The van der Waals surface area contributed by atoms with Crippen molar-refractivity contribution in [2.24, 2.45) is 0 Å². The van der Waals surface area contributed by atoms with Crippen LogP contribution >= 0.6 is 0 Å². The summed E-state index contributed by atoms with van der Waals surface area (Å²) in [5, 5.41) is 0. The second-order valence-electron chi connectivity index (χ2n) is 5.20. The molecule has 0 heterocycles. The van der Waals surface area contributed by atoms with Crippen molar-refractivity contribution in [2.75, 3.05) is 0 Å². The molecule has 22 heavy (non-hydrogen) atoms. The average molecular weight is 328 g/mol. The third-order valence-corrected chi connectivity index (χ3v) is 4.11. The van der Waals surface area contributed by atoms with E-state index in [1.165, 1.54) is 44.2 Å². The van der Waals surface area contributed by atoms with Gasteiger partial charge in [-0.15, -0.1) is 0 Å². The minimum atomic E-state index is -4.00. The number of hydrogen-bond donors (Lipinski definition) is 1. The van der Waals surface area contributed by atoms with Crippen molar-refractivity contribution < 1.29 is 17.8 Å². The molecular formula is C17H28O4S. The molecule has 0 radical (unpaired) electrons. The molecule has 0 fully saturated rings. The largest absolute Gasteiger partial charge is 0.300 e. The number of benzene rings is 1. The van der Waals surface area contributed by atoms with E-state index in [1.54, 1.807) is 18.2 Å². The number of ketones is 1. The highest BCUT2D eigenvalue weighted by Crippen LogP contribution is 2.07. The first-order valence-electron chi connectivity index (χ1n) is 7.96. The summed E-state index contributed by atoms with van der Waals surface area (Å²) in [7, 11) is -4.00. The fourth-order valence-corrected chi connectivity index (χ4v) is 2.37. The third-order valence-electron chi connectivity index (χ3n) is 3.24. The van der Waals surface area contributed by atoms with Crippen LogP contribution in [-0.4, -0.2) is 18.8 Å². The maximum Gasteiger partial charge on any atom is 0.294 e. The Morgan fingerprint density at radius 1 is 0.955 bits per heavy atom. The van der Waals surface area contributed by atoms with Gasteiger partial charge in [0, 0.05) is 12.8 Å². The van der Waals surface area contributed by atoms with Crippen molar-refractivity contribution in [3.63, 3.8) is 0 Å². The van der Waals surface area contributed by atoms with Crippen molar-refractivity contribution in [3.8, 4) is 0 Å². The normalized spacial score (nSPS) is 10.7. The Morgan fingerprint density at radius 3 is 1.95 bits per heavy atom. The summed E-state index contributed by atoms with van der Waals surface area (Å²) in [6, 6.07) is 7.42. The maximum atomic E-state index is 10.9. The van der Waals surface area contributed by atoms with Gasteiger partial charge in [-0.2, -0.15) is 8.42 Å². The molecule has 1 rings (SSSR count). The molecule has 0 spiro atoms. The minimum Gasteiger partial charge on any atom is -0.300 e. The third kappa shape index (κ3) is 11.5. The molecule has 0 saturated carbocycles. The molecule has 0 aliphatic carbocycles. The van der Waals surface area contributed by atoms with E-state index >= 15 is 0 Å². The van der Waals surface area contributed by atoms with Gasteiger partial charge in [-0.3, -0.25) is 9.35 Å². The van der Waals surface area contributed by atoms with Gasteiger partial charge in [0.2, 0.25) is 0 Å². The number of hydrogen-bond acceptors (Lipinski definition) is 3. The first kappa shape index (κ1) is 20.8. The van der Waals surface area contributed by atoms with E-state index in [0.717, 1.165) is 19.3 Å². The van der Waals surface area contributed by atoms with Gasteiger partial charge in [0.25, 0.3) is 10.1 Å². The van der Waals surface area contributed by atoms with Crippen LogP contribution in [-0.2, 0) is 14.9 Å². The quantitative estimate of drug-likeness (QED) is 0.529. The van der Waals surface area contributed by atoms with E-state index in [1.807, 2.05) is 6.92 Å². The Balaban J connectivity index is 0.000000406. The van der Waals surface area contributed by atoms with Crippen molar-refractivity contribution in [1.29, 1.82) is 0 Å². The van der Waals surface area contributed by atoms with Gasteiger partial charge >= 0.3 is 0 Å². The Hall–Kier alpha value is -1.20. The predicted molar refractivity (Wildman–Crippen MR) is 89.5 cm³/mol. The van der Waals surface area contributed by atoms with Crippen LogP contribution in [0.1, 0.15) is 65.2 Å². The maximum absolute atomic E-state index is 10.9. The lowest BCUT2D eigenvalue weighted by Gasteiger charge is -1.98. The number of rotatable bonds is 9. The Bertz CT molecular complexity index is 495. The fourth-order valence-electron chi connectivity index (χ4n) is 1.87. The van der Waals surface area contributed by atoms with Crippen LogP contribution in [0.15, 0.2) is 35.2 Å². The van der Waals surface area contributed by atoms with Gasteiger partial charge in [0.15, 0.2) is 0 Å². The molecule has 0 saturated heterocycles. The number of unbranched alkanes of at least 4 members (excludes halogenated alkanes) is 5. The Morgan fingerprint density at radius 2 is 1.50 bits per heavy atom. The molecule has 126 valence electrons. The zero-order chi connectivity index (χ0) is 16.8. The minimum absolute atomic E-state index is 0.0741. The second kappa shape index (κ2) is 12.4. The highest BCUT2D eigenvalue weighted by molar-refractivity contribution is 7.85. The van der Waals surface area contributed by atoms with Gasteiger partial charge in [-0.25, -0.2) is 0 Å². The summed E-state index contributed by atoms with van der Waals surface area (Å²) in [6.07, 6.45) is 9.18. The Labute approximate surface area is 134 Å². The monoisotopic (exact) mass is 328 g/mol. The fraction of sp³-hybridized carbons (Fsp3) is 0.588. The summed E-state index contributed by atoms with van der Waals surface area (Å²) in [6.45, 7) is 4.17. The van der Waals surface area contributed by atoms with Gasteiger partial charge in [0.1, 0.15) is 5.78 Å². The first-order chi connectivity index (χ1) is 10.4. The SMILES string of the molecule is CCCCCCCCC(=O)CC.O=S(=O)(O)c1ccccc1. The van der Waals surface area contributed by atoms with E-state index in [2.05, 4.69) is 6.92 Å². The summed E-state index contributed by atoms with van der Waals surface area (Å²) in [4.78, 5) is 10.8. The first-order valence-corrected chi connectivity index (χ1v) is 9.40. The molecule has 4 nitrogen and oxygen atoms in total. The molecular weight excluding hydrogens is 300 g/mol. The van der Waals surface area contributed by atoms with Crippen molar-refractivity contribution in [1.82, 2.24) is 0 Å². The topological polar surface area (TPSA) is 71.4 Å². The zero-order valence-corrected chi connectivity index (χ0v) is 14.4. The molecule has 5 heteroatoms. The van der Waals surface area contributed by atoms with Gasteiger partial charge < -0.3 is 0 Å². The predicted octanol–water partition coefficient (Wildman–Crippen LogP) is 4.65. The molecule has 0 aliphatic heterocycles. The lowest BCUT2D eigenvalue weighted by Crippen LogP contribution is -1.96. The molecule has 0 bridgehead atoms. The second-order valence-corrected chi connectivity index (χ2v) is 6.62. The summed E-state index contributed by atoms with van der Waals surface area (Å²) < 4.78 is 29.2. The lowest BCUT2D eigenvalue weighted by atomic mass is 10.1. The van der Waals surface area contributed by atoms with Gasteiger partial charge in [-0.05, 0) is 18.6 Å². The van der Waals surface area contributed by atoms with Crippen LogP contribution in [0.4, 0.5) is 0 Å². The number of Topliss-reactive ketones (excluding diaryl/α,β-unsaturated/α-hetero) is 1. The van der Waals surface area contributed by atoms with Crippen LogP contribution in [0.3, 0.4) is 0 Å². The molecule has 0 unspecified atom stereocenters. The van der Waals surface area contributed by atoms with Crippen molar-refractivity contribution in [2.45, 2.75) is 70.1 Å². The summed E-state index contributed by atoms with van der Waals surface area (Å²) in [5.74, 6) is 0.422. The molecule has 0 amide bonds. The highest BCUT2D eigenvalue weighted by atomic mass is 32.2. The summed E-state index contributed by atoms with van der Waals surface area (Å²) >= 11 is 0. The molecule has 1 aromatic carbocycles. The molecule has 0 aromatic heterocycles. The van der Waals surface area contributed by atoms with E-state index < -0.39 is 10.1 Å². The van der Waals surface area contributed by atoms with Crippen LogP contribution in [0.2, 0.25) is 0 Å². The standard InChI is InChI=1S/C11H22O.C6H6O3S/c1-3-5-6-7-8-9-10-11(12)4-2;7-10(8,9)6-4-2-1-3-5-6/h3-10H2,1-2H3;1-5H,(H,7,8,9). The average Bonchev–Trinajstić information content (AvgIpc) is 2.51. The van der Waals surface area contributed by atoms with Crippen molar-refractivity contribution in [3.05, 3.63) is 30.3 Å². The number of carbonyl (C=O) groups is 1. The van der Waals surface area contributed by atoms with Crippen LogP contribution in [0.5, 0.6) is 0 Å². The highest BCUT2D eigenvalue weighted by Gasteiger charge is 2.05. The molecule has 1 aromatic rings. The van der Waals surface area contributed by atoms with E-state index in [-0.39, 0.29) is 4.90 Å². The molecule has 1 N–H and O–H groups in total. The summed E-state index contributed by atoms with van der Waals surface area (Å²) in [5.41, 5.74) is 0. The van der Waals surface area contributed by atoms with Crippen LogP contribution < -0.4 is 0 Å². The van der Waals surface area contributed by atoms with Crippen molar-refractivity contribution >= 4 is 15.9 Å². The zero-order valence-electron chi connectivity index (χ0n) is 13.6. The molecule has 0 aliphatic rings. The lowest BCUT2D eigenvalue weighted by molar-refractivity contribution is -0.118. The number of carbonyl (C=O) groups excluding carboxylic acids is 1. The van der Waals surface area contributed by atoms with E-state index in [0.29, 0.717) is 5.78 Å². The van der Waals surface area contributed by atoms with E-state index in [9.17, 15) is 13.2 Å². The smallest absolute Gasteiger partial charge is 0.294 e. The van der Waals surface area contributed by atoms with Crippen LogP contribution in [0, 0.1) is 0 Å².